The van der Waals surface area contributed by atoms with Crippen LogP contribution in [-0.2, 0) is 4.74 Å². The predicted octanol–water partition coefficient (Wildman–Crippen LogP) is 2.15. The van der Waals surface area contributed by atoms with Crippen LogP contribution in [0.15, 0.2) is 18.2 Å². The number of nitro groups is 1. The van der Waals surface area contributed by atoms with Crippen molar-refractivity contribution in [2.75, 3.05) is 25.1 Å². The lowest BCUT2D eigenvalue weighted by atomic mass is 10.1. The van der Waals surface area contributed by atoms with Gasteiger partial charge >= 0.3 is 5.97 Å². The number of aromatic carboxylic acids is 1. The second-order valence-electron chi connectivity index (χ2n) is 4.61. The van der Waals surface area contributed by atoms with Crippen LogP contribution in [0.3, 0.4) is 0 Å². The van der Waals surface area contributed by atoms with Crippen LogP contribution in [0.1, 0.15) is 24.2 Å². The highest BCUT2D eigenvalue weighted by Gasteiger charge is 2.19. The van der Waals surface area contributed by atoms with Crippen molar-refractivity contribution >= 4 is 17.3 Å². The van der Waals surface area contributed by atoms with Crippen LogP contribution in [-0.4, -0.2) is 42.3 Å². The van der Waals surface area contributed by atoms with Crippen molar-refractivity contribution < 1.29 is 19.6 Å². The predicted molar refractivity (Wildman–Crippen MR) is 74.4 cm³/mol. The Labute approximate surface area is 116 Å². The maximum Gasteiger partial charge on any atom is 0.335 e. The summed E-state index contributed by atoms with van der Waals surface area (Å²) < 4.78 is 5.38. The summed E-state index contributed by atoms with van der Waals surface area (Å²) in [6, 6.07) is 3.73. The number of carboxylic acids is 1. The number of nitrogens with zero attached hydrogens (tertiary/aromatic N) is 2. The van der Waals surface area contributed by atoms with E-state index in [0.717, 1.165) is 0 Å². The molecule has 110 valence electrons. The van der Waals surface area contributed by atoms with Crippen molar-refractivity contribution in [3.63, 3.8) is 0 Å². The van der Waals surface area contributed by atoms with Gasteiger partial charge in [0.15, 0.2) is 0 Å². The maximum absolute atomic E-state index is 11.0. The van der Waals surface area contributed by atoms with Gasteiger partial charge in [0.25, 0.3) is 5.69 Å². The standard InChI is InChI=1S/C13H18N2O5/c1-9(2)20-7-6-14(3)12-8-10(13(16)17)4-5-11(12)15(18)19/h4-5,8-9H,6-7H2,1-3H3,(H,16,17). The number of nitro benzene ring substituents is 1. The molecule has 0 heterocycles. The van der Waals surface area contributed by atoms with E-state index in [2.05, 4.69) is 0 Å². The van der Waals surface area contributed by atoms with Gasteiger partial charge in [-0.2, -0.15) is 0 Å². The van der Waals surface area contributed by atoms with Crippen LogP contribution in [0.2, 0.25) is 0 Å². The molecule has 1 rings (SSSR count). The van der Waals surface area contributed by atoms with Crippen LogP contribution in [0.25, 0.3) is 0 Å². The molecule has 0 saturated carbocycles. The van der Waals surface area contributed by atoms with Crippen LogP contribution >= 0.6 is 0 Å². The third-order valence-corrected chi connectivity index (χ3v) is 2.71. The zero-order chi connectivity index (χ0) is 15.3. The summed E-state index contributed by atoms with van der Waals surface area (Å²) in [4.78, 5) is 23.0. The van der Waals surface area contributed by atoms with Crippen molar-refractivity contribution in [1.29, 1.82) is 0 Å². The molecule has 0 saturated heterocycles. The summed E-state index contributed by atoms with van der Waals surface area (Å²) >= 11 is 0. The van der Waals surface area contributed by atoms with Gasteiger partial charge in [-0.05, 0) is 26.0 Å². The molecule has 20 heavy (non-hydrogen) atoms. The molecule has 1 aromatic rings. The average Bonchev–Trinajstić information content (AvgIpc) is 2.37. The first-order valence-electron chi connectivity index (χ1n) is 6.17. The van der Waals surface area contributed by atoms with E-state index in [0.29, 0.717) is 13.2 Å². The number of carboxylic acid groups (broad SMARTS) is 1. The molecule has 7 nitrogen and oxygen atoms in total. The van der Waals surface area contributed by atoms with Gasteiger partial charge in [0, 0.05) is 19.7 Å². The average molecular weight is 282 g/mol. The van der Waals surface area contributed by atoms with E-state index in [4.69, 9.17) is 9.84 Å². The molecule has 0 fully saturated rings. The van der Waals surface area contributed by atoms with Gasteiger partial charge in [0.1, 0.15) is 5.69 Å². The van der Waals surface area contributed by atoms with E-state index in [1.807, 2.05) is 13.8 Å². The number of hydrogen-bond acceptors (Lipinski definition) is 5. The Bertz CT molecular complexity index is 502. The zero-order valence-corrected chi connectivity index (χ0v) is 11.7. The number of hydrogen-bond donors (Lipinski definition) is 1. The number of likely N-dealkylation sites (N-methyl/N-ethyl adjacent to an activating group) is 1. The molecule has 0 aliphatic rings. The van der Waals surface area contributed by atoms with Gasteiger partial charge < -0.3 is 14.7 Å². The number of carbonyl (C=O) groups is 1. The molecule has 0 spiro atoms. The van der Waals surface area contributed by atoms with Gasteiger partial charge in [-0.1, -0.05) is 0 Å². The van der Waals surface area contributed by atoms with Gasteiger partial charge in [0.05, 0.1) is 23.2 Å². The monoisotopic (exact) mass is 282 g/mol. The van der Waals surface area contributed by atoms with E-state index >= 15 is 0 Å². The largest absolute Gasteiger partial charge is 0.478 e. The second-order valence-corrected chi connectivity index (χ2v) is 4.61. The molecule has 1 N–H and O–H groups in total. The summed E-state index contributed by atoms with van der Waals surface area (Å²) in [6.45, 7) is 4.63. The van der Waals surface area contributed by atoms with Crippen molar-refractivity contribution in [3.05, 3.63) is 33.9 Å². The number of anilines is 1. The molecular weight excluding hydrogens is 264 g/mol. The number of rotatable bonds is 7. The highest BCUT2D eigenvalue weighted by molar-refractivity contribution is 5.90. The van der Waals surface area contributed by atoms with Crippen molar-refractivity contribution in [2.45, 2.75) is 20.0 Å². The normalized spacial score (nSPS) is 10.6. The lowest BCUT2D eigenvalue weighted by molar-refractivity contribution is -0.384. The molecule has 0 radical (unpaired) electrons. The van der Waals surface area contributed by atoms with Crippen LogP contribution in [0, 0.1) is 10.1 Å². The van der Waals surface area contributed by atoms with Crippen molar-refractivity contribution in [2.24, 2.45) is 0 Å². The molecular formula is C13H18N2O5. The molecule has 0 aromatic heterocycles. The van der Waals surface area contributed by atoms with E-state index in [1.165, 1.54) is 18.2 Å². The minimum atomic E-state index is -1.12. The van der Waals surface area contributed by atoms with E-state index in [1.54, 1.807) is 11.9 Å². The van der Waals surface area contributed by atoms with Gasteiger partial charge in [-0.15, -0.1) is 0 Å². The molecule has 0 bridgehead atoms. The highest BCUT2D eigenvalue weighted by atomic mass is 16.6. The minimum Gasteiger partial charge on any atom is -0.478 e. The zero-order valence-electron chi connectivity index (χ0n) is 11.7. The molecule has 7 heteroatoms. The van der Waals surface area contributed by atoms with E-state index in [9.17, 15) is 14.9 Å². The first-order valence-corrected chi connectivity index (χ1v) is 6.17. The second kappa shape index (κ2) is 6.85. The Balaban J connectivity index is 2.96. The maximum atomic E-state index is 11.0. The van der Waals surface area contributed by atoms with Gasteiger partial charge in [-0.3, -0.25) is 10.1 Å². The van der Waals surface area contributed by atoms with Crippen LogP contribution in [0.5, 0.6) is 0 Å². The molecule has 1 aromatic carbocycles. The molecule has 0 aliphatic heterocycles. The van der Waals surface area contributed by atoms with E-state index < -0.39 is 10.9 Å². The number of benzene rings is 1. The van der Waals surface area contributed by atoms with Crippen LogP contribution in [0.4, 0.5) is 11.4 Å². The SMILES string of the molecule is CC(C)OCCN(C)c1cc(C(=O)O)ccc1[N+](=O)[O-]. The number of ether oxygens (including phenoxy) is 1. The fourth-order valence-corrected chi connectivity index (χ4v) is 1.66. The van der Waals surface area contributed by atoms with Crippen molar-refractivity contribution in [1.82, 2.24) is 0 Å². The summed E-state index contributed by atoms with van der Waals surface area (Å²) in [5.74, 6) is -1.12. The fraction of sp³-hybridized carbons (Fsp3) is 0.462. The minimum absolute atomic E-state index is 0.0160. The van der Waals surface area contributed by atoms with Gasteiger partial charge in [0.2, 0.25) is 0 Å². The van der Waals surface area contributed by atoms with Crippen LogP contribution < -0.4 is 4.90 Å². The quantitative estimate of drug-likeness (QED) is 0.608. The molecule has 0 aliphatic carbocycles. The molecule has 0 unspecified atom stereocenters. The first kappa shape index (κ1) is 15.9. The van der Waals surface area contributed by atoms with Gasteiger partial charge in [-0.25, -0.2) is 4.79 Å². The smallest absolute Gasteiger partial charge is 0.335 e. The Morgan fingerprint density at radius 2 is 2.15 bits per heavy atom. The Morgan fingerprint density at radius 3 is 2.65 bits per heavy atom. The topological polar surface area (TPSA) is 92.9 Å². The Hall–Kier alpha value is -2.15. The third-order valence-electron chi connectivity index (χ3n) is 2.71. The molecule has 0 atom stereocenters. The van der Waals surface area contributed by atoms with Crippen molar-refractivity contribution in [3.8, 4) is 0 Å². The molecule has 0 amide bonds. The third kappa shape index (κ3) is 4.20. The Kier molecular flexibility index (Phi) is 5.45. The Morgan fingerprint density at radius 1 is 1.50 bits per heavy atom. The summed E-state index contributed by atoms with van der Waals surface area (Å²) in [7, 11) is 1.66. The first-order chi connectivity index (χ1) is 9.32. The van der Waals surface area contributed by atoms with E-state index in [-0.39, 0.29) is 23.0 Å². The summed E-state index contributed by atoms with van der Waals surface area (Å²) in [5, 5.41) is 19.9. The summed E-state index contributed by atoms with van der Waals surface area (Å²) in [6.07, 6.45) is 0.0729. The highest BCUT2D eigenvalue weighted by Crippen LogP contribution is 2.28. The lowest BCUT2D eigenvalue weighted by Gasteiger charge is -2.20. The lowest BCUT2D eigenvalue weighted by Crippen LogP contribution is -2.25. The fourth-order valence-electron chi connectivity index (χ4n) is 1.66. The summed E-state index contributed by atoms with van der Waals surface area (Å²) in [5.41, 5.74) is 0.159.